The summed E-state index contributed by atoms with van der Waals surface area (Å²) >= 11 is 0. The van der Waals surface area contributed by atoms with Gasteiger partial charge in [-0.3, -0.25) is 9.00 Å². The number of rotatable bonds is 5. The zero-order valence-electron chi connectivity index (χ0n) is 10.9. The lowest BCUT2D eigenvalue weighted by molar-refractivity contribution is 0.0952. The average molecular weight is 269 g/mol. The van der Waals surface area contributed by atoms with Gasteiger partial charge in [0.2, 0.25) is 0 Å². The van der Waals surface area contributed by atoms with Crippen molar-refractivity contribution in [1.29, 1.82) is 0 Å². The third-order valence-electron chi connectivity index (χ3n) is 2.95. The Morgan fingerprint density at radius 2 is 2.17 bits per heavy atom. The second kappa shape index (κ2) is 6.54. The summed E-state index contributed by atoms with van der Waals surface area (Å²) in [5.41, 5.74) is 1.04. The number of phenols is 1. The fourth-order valence-corrected chi connectivity index (χ4v) is 1.97. The van der Waals surface area contributed by atoms with Crippen LogP contribution in [0.3, 0.4) is 0 Å². The average Bonchev–Trinajstić information content (AvgIpc) is 2.32. The first-order chi connectivity index (χ1) is 8.43. The predicted molar refractivity (Wildman–Crippen MR) is 73.3 cm³/mol. The second-order valence-corrected chi connectivity index (χ2v) is 6.11. The zero-order valence-corrected chi connectivity index (χ0v) is 11.7. The first-order valence-corrected chi connectivity index (χ1v) is 7.44. The number of carbonyl (C=O) groups is 1. The normalized spacial score (nSPS) is 13.9. The van der Waals surface area contributed by atoms with Crippen molar-refractivity contribution in [3.63, 3.8) is 0 Å². The quantitative estimate of drug-likeness (QED) is 0.853. The van der Waals surface area contributed by atoms with Gasteiger partial charge in [-0.2, -0.15) is 0 Å². The van der Waals surface area contributed by atoms with E-state index in [0.29, 0.717) is 24.1 Å². The molecule has 1 amide bonds. The van der Waals surface area contributed by atoms with Gasteiger partial charge in [-0.25, -0.2) is 0 Å². The number of hydrogen-bond acceptors (Lipinski definition) is 3. The molecule has 100 valence electrons. The van der Waals surface area contributed by atoms with Gasteiger partial charge in [0.05, 0.1) is 0 Å². The molecule has 18 heavy (non-hydrogen) atoms. The summed E-state index contributed by atoms with van der Waals surface area (Å²) in [7, 11) is -0.869. The molecule has 1 rings (SSSR count). The Morgan fingerprint density at radius 1 is 1.50 bits per heavy atom. The largest absolute Gasteiger partial charge is 0.508 e. The summed E-state index contributed by atoms with van der Waals surface area (Å²) in [5, 5.41) is 12.3. The molecule has 0 aliphatic carbocycles. The number of amides is 1. The molecule has 2 N–H and O–H groups in total. The molecule has 1 aromatic carbocycles. The second-order valence-electron chi connectivity index (χ2n) is 4.30. The van der Waals surface area contributed by atoms with Crippen LogP contribution in [0.25, 0.3) is 0 Å². The molecule has 0 radical (unpaired) electrons. The van der Waals surface area contributed by atoms with Crippen LogP contribution in [-0.4, -0.2) is 33.3 Å². The van der Waals surface area contributed by atoms with Crippen LogP contribution in [0.5, 0.6) is 5.75 Å². The van der Waals surface area contributed by atoms with Crippen molar-refractivity contribution in [2.75, 3.05) is 12.8 Å². The van der Waals surface area contributed by atoms with E-state index in [9.17, 15) is 14.1 Å². The zero-order chi connectivity index (χ0) is 13.7. The molecular weight excluding hydrogens is 250 g/mol. The van der Waals surface area contributed by atoms with Crippen LogP contribution < -0.4 is 5.32 Å². The number of phenolic OH excluding ortho intramolecular Hbond substituents is 1. The fraction of sp³-hybridized carbons (Fsp3) is 0.462. The maximum atomic E-state index is 11.9. The van der Waals surface area contributed by atoms with Gasteiger partial charge in [0.15, 0.2) is 0 Å². The summed E-state index contributed by atoms with van der Waals surface area (Å²) in [6.45, 7) is 4.07. The van der Waals surface area contributed by atoms with Gasteiger partial charge in [0.25, 0.3) is 5.91 Å². The summed E-state index contributed by atoms with van der Waals surface area (Å²) < 4.78 is 11.2. The minimum Gasteiger partial charge on any atom is -0.508 e. The molecular formula is C13H19NO3S. The van der Waals surface area contributed by atoms with Crippen molar-refractivity contribution in [3.8, 4) is 5.75 Å². The van der Waals surface area contributed by atoms with Crippen molar-refractivity contribution in [3.05, 3.63) is 29.3 Å². The SMILES string of the molecule is Cc1c(O)cccc1C(=O)NCCC(C)S(C)=O. The van der Waals surface area contributed by atoms with Crippen molar-refractivity contribution in [2.45, 2.75) is 25.5 Å². The topological polar surface area (TPSA) is 66.4 Å². The van der Waals surface area contributed by atoms with E-state index >= 15 is 0 Å². The molecule has 2 atom stereocenters. The van der Waals surface area contributed by atoms with Crippen molar-refractivity contribution in [2.24, 2.45) is 0 Å². The highest BCUT2D eigenvalue weighted by Crippen LogP contribution is 2.19. The summed E-state index contributed by atoms with van der Waals surface area (Å²) in [6.07, 6.45) is 2.33. The first-order valence-electron chi connectivity index (χ1n) is 5.82. The third-order valence-corrected chi connectivity index (χ3v) is 4.32. The molecule has 4 nitrogen and oxygen atoms in total. The van der Waals surface area contributed by atoms with E-state index in [1.807, 2.05) is 6.92 Å². The van der Waals surface area contributed by atoms with Crippen LogP contribution in [0.1, 0.15) is 29.3 Å². The number of aromatic hydroxyl groups is 1. The molecule has 5 heteroatoms. The van der Waals surface area contributed by atoms with Gasteiger partial charge in [-0.15, -0.1) is 0 Å². The minimum atomic E-state index is -0.869. The summed E-state index contributed by atoms with van der Waals surface area (Å²) in [4.78, 5) is 11.9. The molecule has 0 aliphatic rings. The Labute approximate surface area is 110 Å². The Balaban J connectivity index is 2.56. The van der Waals surface area contributed by atoms with Gasteiger partial charge in [-0.1, -0.05) is 13.0 Å². The van der Waals surface area contributed by atoms with Gasteiger partial charge in [0, 0.05) is 40.0 Å². The highest BCUT2D eigenvalue weighted by atomic mass is 32.2. The van der Waals surface area contributed by atoms with E-state index in [1.165, 1.54) is 0 Å². The van der Waals surface area contributed by atoms with E-state index in [4.69, 9.17) is 0 Å². The van der Waals surface area contributed by atoms with Crippen LogP contribution in [-0.2, 0) is 10.8 Å². The van der Waals surface area contributed by atoms with Crippen LogP contribution >= 0.6 is 0 Å². The smallest absolute Gasteiger partial charge is 0.251 e. The predicted octanol–water partition coefficient (Wildman–Crippen LogP) is 1.59. The fourth-order valence-electron chi connectivity index (χ4n) is 1.52. The molecule has 0 spiro atoms. The molecule has 2 unspecified atom stereocenters. The molecule has 0 heterocycles. The monoisotopic (exact) mass is 269 g/mol. The number of benzene rings is 1. The minimum absolute atomic E-state index is 0.0653. The highest BCUT2D eigenvalue weighted by molar-refractivity contribution is 7.84. The number of carbonyl (C=O) groups excluding carboxylic acids is 1. The Kier molecular flexibility index (Phi) is 5.34. The van der Waals surface area contributed by atoms with Crippen LogP contribution in [0.15, 0.2) is 18.2 Å². The van der Waals surface area contributed by atoms with E-state index in [1.54, 1.807) is 31.4 Å². The molecule has 0 fully saturated rings. The maximum absolute atomic E-state index is 11.9. The van der Waals surface area contributed by atoms with Crippen LogP contribution in [0.4, 0.5) is 0 Å². The Morgan fingerprint density at radius 3 is 2.78 bits per heavy atom. The van der Waals surface area contributed by atoms with Crippen molar-refractivity contribution in [1.82, 2.24) is 5.32 Å². The van der Waals surface area contributed by atoms with E-state index < -0.39 is 10.8 Å². The lowest BCUT2D eigenvalue weighted by Gasteiger charge is -2.11. The van der Waals surface area contributed by atoms with Crippen molar-refractivity contribution < 1.29 is 14.1 Å². The molecule has 0 saturated heterocycles. The first kappa shape index (κ1) is 14.7. The van der Waals surface area contributed by atoms with Gasteiger partial charge < -0.3 is 10.4 Å². The molecule has 0 aliphatic heterocycles. The van der Waals surface area contributed by atoms with Crippen molar-refractivity contribution >= 4 is 16.7 Å². The highest BCUT2D eigenvalue weighted by Gasteiger charge is 2.12. The third kappa shape index (κ3) is 3.84. The number of nitrogens with one attached hydrogen (secondary N) is 1. The Hall–Kier alpha value is -1.36. The lowest BCUT2D eigenvalue weighted by atomic mass is 10.1. The van der Waals surface area contributed by atoms with E-state index in [-0.39, 0.29) is 16.9 Å². The van der Waals surface area contributed by atoms with Crippen LogP contribution in [0.2, 0.25) is 0 Å². The standard InChI is InChI=1S/C13H19NO3S/c1-9(18(3)17)7-8-14-13(16)11-5-4-6-12(15)10(11)2/h4-6,9,15H,7-8H2,1-3H3,(H,14,16). The lowest BCUT2D eigenvalue weighted by Crippen LogP contribution is -2.28. The summed E-state index contributed by atoms with van der Waals surface area (Å²) in [6, 6.07) is 4.86. The van der Waals surface area contributed by atoms with E-state index in [2.05, 4.69) is 5.32 Å². The summed E-state index contributed by atoms with van der Waals surface area (Å²) in [5.74, 6) is -0.0943. The van der Waals surface area contributed by atoms with Gasteiger partial charge in [0.1, 0.15) is 5.75 Å². The Bertz CT molecular complexity index is 460. The molecule has 0 aromatic heterocycles. The van der Waals surface area contributed by atoms with E-state index in [0.717, 1.165) is 0 Å². The molecule has 1 aromatic rings. The maximum Gasteiger partial charge on any atom is 0.251 e. The molecule has 0 saturated carbocycles. The van der Waals surface area contributed by atoms with Gasteiger partial charge in [-0.05, 0) is 25.5 Å². The van der Waals surface area contributed by atoms with Crippen LogP contribution in [0, 0.1) is 6.92 Å². The number of hydrogen-bond donors (Lipinski definition) is 2. The van der Waals surface area contributed by atoms with Gasteiger partial charge >= 0.3 is 0 Å². The molecule has 0 bridgehead atoms.